The van der Waals surface area contributed by atoms with Gasteiger partial charge < -0.3 is 5.11 Å². The second-order valence-corrected chi connectivity index (χ2v) is 7.01. The Labute approximate surface area is 140 Å². The zero-order valence-electron chi connectivity index (χ0n) is 14.0. The summed E-state index contributed by atoms with van der Waals surface area (Å²) in [5.41, 5.74) is 1.64. The number of nitrogens with zero attached hydrogens (tertiary/aromatic N) is 6. The molecule has 0 unspecified atom stereocenters. The summed E-state index contributed by atoms with van der Waals surface area (Å²) >= 11 is 6.30. The predicted molar refractivity (Wildman–Crippen MR) is 87.2 cm³/mol. The van der Waals surface area contributed by atoms with Gasteiger partial charge in [0.2, 0.25) is 0 Å². The minimum absolute atomic E-state index is 0.231. The summed E-state index contributed by atoms with van der Waals surface area (Å²) in [5.74, 6) is 0. The lowest BCUT2D eigenvalue weighted by atomic mass is 10.00. The Hall–Kier alpha value is -1.44. The van der Waals surface area contributed by atoms with Gasteiger partial charge in [0, 0.05) is 38.3 Å². The number of likely N-dealkylation sites (tertiary alicyclic amines) is 1. The third-order valence-electron chi connectivity index (χ3n) is 4.49. The third kappa shape index (κ3) is 3.00. The first-order valence-electron chi connectivity index (χ1n) is 7.85. The standard InChI is InChI=1S/C15H23ClN6O/c1-10(2)22-8-13(17-19-22)15(23)5-6-21(9-15)7-12-11(3)18-20(4)14(12)16/h8,10,23H,5-7,9H2,1-4H3/t15-/m0/s1. The van der Waals surface area contributed by atoms with Gasteiger partial charge in [-0.2, -0.15) is 5.10 Å². The van der Waals surface area contributed by atoms with Crippen molar-refractivity contribution in [2.75, 3.05) is 13.1 Å². The molecular formula is C15H23ClN6O. The number of halogens is 1. The summed E-state index contributed by atoms with van der Waals surface area (Å²) in [7, 11) is 1.84. The molecule has 8 heteroatoms. The Bertz CT molecular complexity index is 709. The van der Waals surface area contributed by atoms with Crippen LogP contribution in [0.2, 0.25) is 5.15 Å². The Morgan fingerprint density at radius 1 is 1.43 bits per heavy atom. The van der Waals surface area contributed by atoms with E-state index < -0.39 is 5.60 Å². The smallest absolute Gasteiger partial charge is 0.131 e. The highest BCUT2D eigenvalue weighted by molar-refractivity contribution is 6.30. The van der Waals surface area contributed by atoms with Crippen LogP contribution < -0.4 is 0 Å². The predicted octanol–water partition coefficient (Wildman–Crippen LogP) is 1.65. The van der Waals surface area contributed by atoms with Gasteiger partial charge in [-0.3, -0.25) is 9.58 Å². The Balaban J connectivity index is 1.74. The van der Waals surface area contributed by atoms with Crippen LogP contribution in [0, 0.1) is 6.92 Å². The molecule has 0 bridgehead atoms. The van der Waals surface area contributed by atoms with E-state index in [1.165, 1.54) is 0 Å². The van der Waals surface area contributed by atoms with Crippen LogP contribution in [0.5, 0.6) is 0 Å². The van der Waals surface area contributed by atoms with Gasteiger partial charge in [-0.1, -0.05) is 16.8 Å². The molecule has 0 spiro atoms. The number of β-amino-alcohol motifs (C(OH)–C–C–N with tert-alkyl or cyclic N) is 1. The number of rotatable bonds is 4. The van der Waals surface area contributed by atoms with Gasteiger partial charge in [-0.15, -0.1) is 5.10 Å². The summed E-state index contributed by atoms with van der Waals surface area (Å²) in [5, 5.41) is 24.2. The fourth-order valence-electron chi connectivity index (χ4n) is 3.03. The molecule has 23 heavy (non-hydrogen) atoms. The number of aryl methyl sites for hydroxylation is 2. The molecule has 0 radical (unpaired) electrons. The van der Waals surface area contributed by atoms with Crippen molar-refractivity contribution in [3.8, 4) is 0 Å². The van der Waals surface area contributed by atoms with Crippen LogP contribution in [0.1, 0.15) is 43.3 Å². The number of aromatic nitrogens is 5. The van der Waals surface area contributed by atoms with Crippen LogP contribution in [0.3, 0.4) is 0 Å². The van der Waals surface area contributed by atoms with Gasteiger partial charge in [0.05, 0.1) is 11.9 Å². The maximum atomic E-state index is 10.9. The average Bonchev–Trinajstić information content (AvgIpc) is 3.16. The monoisotopic (exact) mass is 338 g/mol. The molecule has 7 nitrogen and oxygen atoms in total. The van der Waals surface area contributed by atoms with Crippen LogP contribution in [0.15, 0.2) is 6.20 Å². The van der Waals surface area contributed by atoms with E-state index in [0.29, 0.717) is 30.4 Å². The van der Waals surface area contributed by atoms with E-state index in [1.54, 1.807) is 9.36 Å². The average molecular weight is 339 g/mol. The van der Waals surface area contributed by atoms with Crippen molar-refractivity contribution < 1.29 is 5.11 Å². The molecule has 0 saturated carbocycles. The lowest BCUT2D eigenvalue weighted by Crippen LogP contribution is -2.31. The molecule has 0 amide bonds. The van der Waals surface area contributed by atoms with E-state index in [9.17, 15) is 5.11 Å². The quantitative estimate of drug-likeness (QED) is 0.917. The fourth-order valence-corrected chi connectivity index (χ4v) is 3.27. The molecule has 3 rings (SSSR count). The highest BCUT2D eigenvalue weighted by Gasteiger charge is 2.40. The van der Waals surface area contributed by atoms with E-state index in [0.717, 1.165) is 17.8 Å². The molecule has 1 aliphatic heterocycles. The third-order valence-corrected chi connectivity index (χ3v) is 4.97. The molecule has 1 saturated heterocycles. The van der Waals surface area contributed by atoms with E-state index in [-0.39, 0.29) is 6.04 Å². The molecule has 2 aromatic heterocycles. The van der Waals surface area contributed by atoms with Crippen molar-refractivity contribution in [2.24, 2.45) is 7.05 Å². The Morgan fingerprint density at radius 3 is 2.74 bits per heavy atom. The summed E-state index contributed by atoms with van der Waals surface area (Å²) in [4.78, 5) is 2.18. The van der Waals surface area contributed by atoms with Gasteiger partial charge in [-0.25, -0.2) is 4.68 Å². The Morgan fingerprint density at radius 2 is 2.17 bits per heavy atom. The molecule has 3 heterocycles. The molecular weight excluding hydrogens is 316 g/mol. The molecule has 1 atom stereocenters. The zero-order valence-corrected chi connectivity index (χ0v) is 14.7. The Kier molecular flexibility index (Phi) is 4.20. The highest BCUT2D eigenvalue weighted by Crippen LogP contribution is 2.32. The summed E-state index contributed by atoms with van der Waals surface area (Å²) < 4.78 is 3.46. The van der Waals surface area contributed by atoms with Crippen LogP contribution >= 0.6 is 11.6 Å². The van der Waals surface area contributed by atoms with Crippen molar-refractivity contribution in [1.82, 2.24) is 29.7 Å². The minimum atomic E-state index is -0.949. The normalized spacial score (nSPS) is 22.4. The molecule has 0 aliphatic carbocycles. The van der Waals surface area contributed by atoms with Gasteiger partial charge in [0.25, 0.3) is 0 Å². The van der Waals surface area contributed by atoms with E-state index in [2.05, 4.69) is 20.3 Å². The topological polar surface area (TPSA) is 72.0 Å². The van der Waals surface area contributed by atoms with Crippen LogP contribution in [-0.2, 0) is 19.2 Å². The van der Waals surface area contributed by atoms with Crippen LogP contribution in [0.25, 0.3) is 0 Å². The lowest BCUT2D eigenvalue weighted by Gasteiger charge is -2.21. The molecule has 1 fully saturated rings. The van der Waals surface area contributed by atoms with E-state index in [4.69, 9.17) is 11.6 Å². The van der Waals surface area contributed by atoms with Gasteiger partial charge in [-0.05, 0) is 27.2 Å². The van der Waals surface area contributed by atoms with Crippen molar-refractivity contribution in [3.63, 3.8) is 0 Å². The van der Waals surface area contributed by atoms with Crippen LogP contribution in [0.4, 0.5) is 0 Å². The summed E-state index contributed by atoms with van der Waals surface area (Å²) in [6.45, 7) is 8.02. The van der Waals surface area contributed by atoms with Crippen molar-refractivity contribution in [3.05, 3.63) is 28.3 Å². The zero-order chi connectivity index (χ0) is 16.8. The number of hydrogen-bond acceptors (Lipinski definition) is 5. The van der Waals surface area contributed by atoms with Crippen molar-refractivity contribution >= 4 is 11.6 Å². The largest absolute Gasteiger partial charge is 0.382 e. The first-order chi connectivity index (χ1) is 10.8. The molecule has 1 N–H and O–H groups in total. The van der Waals surface area contributed by atoms with Gasteiger partial charge >= 0.3 is 0 Å². The van der Waals surface area contributed by atoms with Crippen LogP contribution in [-0.4, -0.2) is 47.9 Å². The second kappa shape index (κ2) is 5.89. The van der Waals surface area contributed by atoms with Gasteiger partial charge in [0.15, 0.2) is 0 Å². The highest BCUT2D eigenvalue weighted by atomic mass is 35.5. The summed E-state index contributed by atoms with van der Waals surface area (Å²) in [6, 6.07) is 0.231. The van der Waals surface area contributed by atoms with E-state index >= 15 is 0 Å². The fraction of sp³-hybridized carbons (Fsp3) is 0.667. The molecule has 0 aromatic carbocycles. The number of hydrogen-bond donors (Lipinski definition) is 1. The lowest BCUT2D eigenvalue weighted by molar-refractivity contribution is 0.0408. The van der Waals surface area contributed by atoms with E-state index in [1.807, 2.05) is 34.0 Å². The maximum Gasteiger partial charge on any atom is 0.131 e. The first kappa shape index (κ1) is 16.4. The van der Waals surface area contributed by atoms with Crippen molar-refractivity contribution in [2.45, 2.75) is 45.4 Å². The summed E-state index contributed by atoms with van der Waals surface area (Å²) in [6.07, 6.45) is 2.48. The molecule has 1 aliphatic rings. The molecule has 126 valence electrons. The van der Waals surface area contributed by atoms with Gasteiger partial charge in [0.1, 0.15) is 16.4 Å². The second-order valence-electron chi connectivity index (χ2n) is 6.65. The SMILES string of the molecule is Cc1nn(C)c(Cl)c1CN1CC[C@@](O)(c2cn(C(C)C)nn2)C1. The molecule has 2 aromatic rings. The minimum Gasteiger partial charge on any atom is -0.382 e. The number of aliphatic hydroxyl groups is 1. The van der Waals surface area contributed by atoms with Crippen molar-refractivity contribution in [1.29, 1.82) is 0 Å². The maximum absolute atomic E-state index is 10.9. The first-order valence-corrected chi connectivity index (χ1v) is 8.23.